The number of rotatable bonds is 5. The van der Waals surface area contributed by atoms with Crippen LogP contribution in [0.3, 0.4) is 0 Å². The molecule has 6 nitrogen and oxygen atoms in total. The third-order valence-corrected chi connectivity index (χ3v) is 4.12. The van der Waals surface area contributed by atoms with Gasteiger partial charge >= 0.3 is 6.03 Å². The van der Waals surface area contributed by atoms with Crippen LogP contribution in [0.2, 0.25) is 0 Å². The van der Waals surface area contributed by atoms with E-state index in [0.29, 0.717) is 6.54 Å². The maximum absolute atomic E-state index is 12.2. The van der Waals surface area contributed by atoms with Gasteiger partial charge in [-0.1, -0.05) is 12.1 Å². The highest BCUT2D eigenvalue weighted by Gasteiger charge is 2.17. The van der Waals surface area contributed by atoms with E-state index in [1.165, 1.54) is 0 Å². The number of aryl methyl sites for hydroxylation is 3. The minimum atomic E-state index is -0.214. The predicted octanol–water partition coefficient (Wildman–Crippen LogP) is 3.59. The fraction of sp³-hybridized carbons (Fsp3) is 0.444. The summed E-state index contributed by atoms with van der Waals surface area (Å²) < 4.78 is 5.18. The van der Waals surface area contributed by atoms with E-state index in [1.807, 2.05) is 64.9 Å². The van der Waals surface area contributed by atoms with Crippen molar-refractivity contribution in [1.29, 1.82) is 0 Å². The van der Waals surface area contributed by atoms with E-state index in [2.05, 4.69) is 15.8 Å². The number of aromatic nitrogens is 1. The number of nitrogens with one attached hydrogen (secondary N) is 2. The van der Waals surface area contributed by atoms with Gasteiger partial charge in [-0.25, -0.2) is 4.79 Å². The first-order chi connectivity index (χ1) is 11.3. The maximum atomic E-state index is 12.2. The average Bonchev–Trinajstić information content (AvgIpc) is 2.85. The molecule has 1 aromatic carbocycles. The van der Waals surface area contributed by atoms with Crippen molar-refractivity contribution in [3.8, 4) is 0 Å². The molecule has 2 amide bonds. The molecule has 0 unspecified atom stereocenters. The van der Waals surface area contributed by atoms with E-state index in [9.17, 15) is 4.79 Å². The molecule has 0 saturated carbocycles. The first-order valence-corrected chi connectivity index (χ1v) is 8.05. The molecule has 0 radical (unpaired) electrons. The number of hydrogen-bond acceptors (Lipinski definition) is 4. The summed E-state index contributed by atoms with van der Waals surface area (Å²) in [4.78, 5) is 14.2. The highest BCUT2D eigenvalue weighted by Crippen LogP contribution is 2.23. The normalized spacial score (nSPS) is 11.9. The van der Waals surface area contributed by atoms with Crippen molar-refractivity contribution in [3.05, 3.63) is 40.8 Å². The largest absolute Gasteiger partial charge is 0.378 e. The molecule has 0 saturated heterocycles. The van der Waals surface area contributed by atoms with Crippen LogP contribution in [0.4, 0.5) is 16.2 Å². The molecule has 2 aromatic rings. The Labute approximate surface area is 143 Å². The summed E-state index contributed by atoms with van der Waals surface area (Å²) >= 11 is 0. The minimum absolute atomic E-state index is 0.138. The number of carbonyl (C=O) groups is 1. The van der Waals surface area contributed by atoms with Crippen molar-refractivity contribution >= 4 is 17.4 Å². The lowest BCUT2D eigenvalue weighted by Crippen LogP contribution is -2.32. The van der Waals surface area contributed by atoms with Gasteiger partial charge in [0.25, 0.3) is 0 Å². The molecule has 1 heterocycles. The number of carbonyl (C=O) groups excluding carboxylic acids is 1. The molecule has 1 atom stereocenters. The zero-order valence-electron chi connectivity index (χ0n) is 15.2. The van der Waals surface area contributed by atoms with Crippen LogP contribution in [0.15, 0.2) is 22.7 Å². The van der Waals surface area contributed by atoms with Gasteiger partial charge in [-0.05, 0) is 44.5 Å². The molecule has 0 aliphatic carbocycles. The van der Waals surface area contributed by atoms with Gasteiger partial charge in [-0.15, -0.1) is 0 Å². The summed E-state index contributed by atoms with van der Waals surface area (Å²) in [7, 11) is 3.98. The molecule has 2 N–H and O–H groups in total. The summed E-state index contributed by atoms with van der Waals surface area (Å²) in [5, 5.41) is 9.77. The summed E-state index contributed by atoms with van der Waals surface area (Å²) in [5.74, 6) is 0.941. The smallest absolute Gasteiger partial charge is 0.319 e. The second kappa shape index (κ2) is 7.38. The Morgan fingerprint density at radius 1 is 1.29 bits per heavy atom. The average molecular weight is 330 g/mol. The highest BCUT2D eigenvalue weighted by atomic mass is 16.5. The second-order valence-electron chi connectivity index (χ2n) is 6.37. The maximum Gasteiger partial charge on any atom is 0.319 e. The topological polar surface area (TPSA) is 70.4 Å². The second-order valence-corrected chi connectivity index (χ2v) is 6.37. The first kappa shape index (κ1) is 17.8. The lowest BCUT2D eigenvalue weighted by atomic mass is 10.00. The number of nitrogens with zero attached hydrogens (tertiary/aromatic N) is 2. The third-order valence-electron chi connectivity index (χ3n) is 4.12. The van der Waals surface area contributed by atoms with Crippen LogP contribution in [0, 0.1) is 20.8 Å². The van der Waals surface area contributed by atoms with Crippen molar-refractivity contribution in [3.63, 3.8) is 0 Å². The fourth-order valence-corrected chi connectivity index (χ4v) is 2.77. The highest BCUT2D eigenvalue weighted by molar-refractivity contribution is 5.90. The summed E-state index contributed by atoms with van der Waals surface area (Å²) in [6, 6.07) is 5.73. The van der Waals surface area contributed by atoms with Crippen LogP contribution in [-0.4, -0.2) is 31.8 Å². The Kier molecular flexibility index (Phi) is 5.49. The van der Waals surface area contributed by atoms with E-state index < -0.39 is 0 Å². The van der Waals surface area contributed by atoms with Crippen LogP contribution in [0.25, 0.3) is 0 Å². The van der Waals surface area contributed by atoms with E-state index in [-0.39, 0.29) is 11.9 Å². The number of hydrogen-bond donors (Lipinski definition) is 2. The Bertz CT molecular complexity index is 702. The van der Waals surface area contributed by atoms with Crippen LogP contribution < -0.4 is 15.5 Å². The molecule has 130 valence electrons. The van der Waals surface area contributed by atoms with Crippen molar-refractivity contribution in [2.45, 2.75) is 33.6 Å². The van der Waals surface area contributed by atoms with Crippen molar-refractivity contribution in [1.82, 2.24) is 10.5 Å². The lowest BCUT2D eigenvalue weighted by Gasteiger charge is -2.17. The first-order valence-electron chi connectivity index (χ1n) is 8.05. The number of anilines is 2. The zero-order valence-corrected chi connectivity index (χ0v) is 15.2. The van der Waals surface area contributed by atoms with Crippen molar-refractivity contribution < 1.29 is 9.32 Å². The van der Waals surface area contributed by atoms with Gasteiger partial charge in [0.05, 0.1) is 5.69 Å². The van der Waals surface area contributed by atoms with Crippen molar-refractivity contribution in [2.75, 3.05) is 30.9 Å². The summed E-state index contributed by atoms with van der Waals surface area (Å²) in [6.07, 6.45) is 0. The molecule has 0 aliphatic rings. The van der Waals surface area contributed by atoms with Gasteiger partial charge in [0.15, 0.2) is 0 Å². The minimum Gasteiger partial charge on any atom is -0.378 e. The number of urea groups is 1. The molecule has 1 aromatic heterocycles. The Morgan fingerprint density at radius 3 is 2.54 bits per heavy atom. The summed E-state index contributed by atoms with van der Waals surface area (Å²) in [5.41, 5.74) is 4.86. The van der Waals surface area contributed by atoms with Gasteiger partial charge in [-0.2, -0.15) is 0 Å². The number of benzene rings is 1. The quantitative estimate of drug-likeness (QED) is 0.879. The molecule has 0 aliphatic heterocycles. The Morgan fingerprint density at radius 2 is 2.00 bits per heavy atom. The SMILES string of the molecule is Cc1cc(N(C)C)ccc1NC(=O)NC[C@H](C)c1c(C)noc1C. The molecule has 0 bridgehead atoms. The number of amides is 2. The lowest BCUT2D eigenvalue weighted by molar-refractivity contribution is 0.251. The van der Waals surface area contributed by atoms with Gasteiger partial charge < -0.3 is 20.1 Å². The molecule has 6 heteroatoms. The monoisotopic (exact) mass is 330 g/mol. The van der Waals surface area contributed by atoms with Crippen molar-refractivity contribution in [2.24, 2.45) is 0 Å². The molecule has 0 fully saturated rings. The van der Waals surface area contributed by atoms with Crippen LogP contribution >= 0.6 is 0 Å². The molecule has 2 rings (SSSR count). The van der Waals surface area contributed by atoms with E-state index in [0.717, 1.165) is 34.0 Å². The Hall–Kier alpha value is -2.50. The van der Waals surface area contributed by atoms with Gasteiger partial charge in [-0.3, -0.25) is 0 Å². The predicted molar refractivity (Wildman–Crippen MR) is 96.9 cm³/mol. The molecular weight excluding hydrogens is 304 g/mol. The van der Waals surface area contributed by atoms with E-state index in [4.69, 9.17) is 4.52 Å². The Balaban J connectivity index is 1.94. The third kappa shape index (κ3) is 4.07. The van der Waals surface area contributed by atoms with Crippen LogP contribution in [-0.2, 0) is 0 Å². The zero-order chi connectivity index (χ0) is 17.9. The van der Waals surface area contributed by atoms with Gasteiger partial charge in [0, 0.05) is 43.5 Å². The fourth-order valence-electron chi connectivity index (χ4n) is 2.77. The molecule has 24 heavy (non-hydrogen) atoms. The molecular formula is C18H26N4O2. The standard InChI is InChI=1S/C18H26N4O2/c1-11-9-15(22(5)6)7-8-16(11)20-18(23)19-10-12(2)17-13(3)21-24-14(17)4/h7-9,12H,10H2,1-6H3,(H2,19,20,23)/t12-/m0/s1. The van der Waals surface area contributed by atoms with E-state index in [1.54, 1.807) is 0 Å². The molecule has 0 spiro atoms. The van der Waals surface area contributed by atoms with Crippen LogP contribution in [0.5, 0.6) is 0 Å². The summed E-state index contributed by atoms with van der Waals surface area (Å²) in [6.45, 7) is 8.35. The van der Waals surface area contributed by atoms with E-state index >= 15 is 0 Å². The van der Waals surface area contributed by atoms with Gasteiger partial charge in [0.1, 0.15) is 5.76 Å². The van der Waals surface area contributed by atoms with Crippen LogP contribution in [0.1, 0.15) is 35.4 Å². The van der Waals surface area contributed by atoms with Gasteiger partial charge in [0.2, 0.25) is 0 Å².